The van der Waals surface area contributed by atoms with Crippen LogP contribution in [0.25, 0.3) is 0 Å². The molecule has 138 valence electrons. The molecule has 1 amide bonds. The number of hydrogen-bond donors (Lipinski definition) is 0. The Kier molecular flexibility index (Phi) is 6.22. The summed E-state index contributed by atoms with van der Waals surface area (Å²) in [5, 5.41) is 0. The van der Waals surface area contributed by atoms with Crippen LogP contribution in [-0.4, -0.2) is 60.3 Å². The summed E-state index contributed by atoms with van der Waals surface area (Å²) in [6.07, 6.45) is 3.73. The monoisotopic (exact) mass is 349 g/mol. The number of pyridine rings is 1. The fourth-order valence-corrected chi connectivity index (χ4v) is 2.46. The zero-order valence-electron chi connectivity index (χ0n) is 15.4. The van der Waals surface area contributed by atoms with Crippen LogP contribution in [0, 0.1) is 0 Å². The molecule has 1 aliphatic rings. The fourth-order valence-electron chi connectivity index (χ4n) is 2.46. The number of aromatic nitrogens is 1. The van der Waals surface area contributed by atoms with Crippen molar-refractivity contribution in [2.45, 2.75) is 39.7 Å². The first-order valence-electron chi connectivity index (χ1n) is 8.65. The highest BCUT2D eigenvalue weighted by atomic mass is 16.6. The van der Waals surface area contributed by atoms with Gasteiger partial charge in [-0.25, -0.2) is 9.59 Å². The van der Waals surface area contributed by atoms with Gasteiger partial charge in [0.25, 0.3) is 0 Å². The van der Waals surface area contributed by atoms with Gasteiger partial charge in [-0.05, 0) is 33.3 Å². The number of rotatable bonds is 4. The molecular formula is C18H27N3O4. The van der Waals surface area contributed by atoms with Crippen LogP contribution in [0.1, 0.15) is 44.5 Å². The SMILES string of the molecule is CCCOC(=O)c1cncc(N2CCN(C(=O)OC(C)(C)C)CC2)c1. The molecule has 0 saturated carbocycles. The third kappa shape index (κ3) is 5.62. The van der Waals surface area contributed by atoms with Gasteiger partial charge in [-0.15, -0.1) is 0 Å². The van der Waals surface area contributed by atoms with Crippen LogP contribution < -0.4 is 4.90 Å². The Balaban J connectivity index is 1.94. The maximum absolute atomic E-state index is 12.1. The van der Waals surface area contributed by atoms with Crippen LogP contribution in [0.15, 0.2) is 18.5 Å². The summed E-state index contributed by atoms with van der Waals surface area (Å²) in [4.78, 5) is 32.0. The fraction of sp³-hybridized carbons (Fsp3) is 0.611. The molecular weight excluding hydrogens is 322 g/mol. The predicted molar refractivity (Wildman–Crippen MR) is 94.8 cm³/mol. The van der Waals surface area contributed by atoms with Crippen molar-refractivity contribution < 1.29 is 19.1 Å². The Hall–Kier alpha value is -2.31. The number of ether oxygens (including phenoxy) is 2. The van der Waals surface area contributed by atoms with Gasteiger partial charge in [-0.3, -0.25) is 4.98 Å². The molecule has 0 aliphatic carbocycles. The van der Waals surface area contributed by atoms with Gasteiger partial charge in [0.05, 0.1) is 24.1 Å². The molecule has 1 aromatic rings. The van der Waals surface area contributed by atoms with Gasteiger partial charge in [0.1, 0.15) is 5.60 Å². The van der Waals surface area contributed by atoms with Crippen LogP contribution in [0.3, 0.4) is 0 Å². The van der Waals surface area contributed by atoms with Crippen molar-refractivity contribution in [3.05, 3.63) is 24.0 Å². The molecule has 7 nitrogen and oxygen atoms in total. The highest BCUT2D eigenvalue weighted by Crippen LogP contribution is 2.19. The minimum Gasteiger partial charge on any atom is -0.462 e. The van der Waals surface area contributed by atoms with Crippen molar-refractivity contribution in [3.8, 4) is 0 Å². The smallest absolute Gasteiger partial charge is 0.410 e. The lowest BCUT2D eigenvalue weighted by Crippen LogP contribution is -2.50. The van der Waals surface area contributed by atoms with Crippen molar-refractivity contribution in [2.24, 2.45) is 0 Å². The summed E-state index contributed by atoms with van der Waals surface area (Å²) in [5.41, 5.74) is 0.806. The van der Waals surface area contributed by atoms with Crippen molar-refractivity contribution in [1.82, 2.24) is 9.88 Å². The Morgan fingerprint density at radius 3 is 2.44 bits per heavy atom. The van der Waals surface area contributed by atoms with Crippen molar-refractivity contribution in [3.63, 3.8) is 0 Å². The molecule has 0 N–H and O–H groups in total. The molecule has 0 atom stereocenters. The quantitative estimate of drug-likeness (QED) is 0.778. The summed E-state index contributed by atoms with van der Waals surface area (Å²) < 4.78 is 10.5. The number of nitrogens with zero attached hydrogens (tertiary/aromatic N) is 3. The number of piperazine rings is 1. The highest BCUT2D eigenvalue weighted by molar-refractivity contribution is 5.90. The van der Waals surface area contributed by atoms with E-state index in [0.29, 0.717) is 38.3 Å². The van der Waals surface area contributed by atoms with E-state index >= 15 is 0 Å². The van der Waals surface area contributed by atoms with E-state index in [9.17, 15) is 9.59 Å². The first-order chi connectivity index (χ1) is 11.8. The van der Waals surface area contributed by atoms with Crippen LogP contribution >= 0.6 is 0 Å². The lowest BCUT2D eigenvalue weighted by atomic mass is 10.2. The third-order valence-electron chi connectivity index (χ3n) is 3.69. The first kappa shape index (κ1) is 19.0. The molecule has 2 rings (SSSR count). The normalized spacial score (nSPS) is 15.0. The molecule has 1 saturated heterocycles. The second-order valence-corrected chi connectivity index (χ2v) is 7.02. The molecule has 0 unspecified atom stereocenters. The maximum Gasteiger partial charge on any atom is 0.410 e. The van der Waals surface area contributed by atoms with Gasteiger partial charge in [0, 0.05) is 32.4 Å². The molecule has 0 spiro atoms. The molecule has 2 heterocycles. The van der Waals surface area contributed by atoms with E-state index in [4.69, 9.17) is 9.47 Å². The lowest BCUT2D eigenvalue weighted by molar-refractivity contribution is 0.0240. The Morgan fingerprint density at radius 2 is 1.84 bits per heavy atom. The minimum absolute atomic E-state index is 0.290. The summed E-state index contributed by atoms with van der Waals surface area (Å²) in [6.45, 7) is 10.4. The van der Waals surface area contributed by atoms with Crippen LogP contribution in [0.4, 0.5) is 10.5 Å². The Labute approximate surface area is 148 Å². The van der Waals surface area contributed by atoms with E-state index in [1.165, 1.54) is 6.20 Å². The van der Waals surface area contributed by atoms with Crippen LogP contribution in [0.5, 0.6) is 0 Å². The van der Waals surface area contributed by atoms with E-state index in [2.05, 4.69) is 9.88 Å². The number of anilines is 1. The van der Waals surface area contributed by atoms with Crippen molar-refractivity contribution in [1.29, 1.82) is 0 Å². The molecule has 1 aliphatic heterocycles. The average molecular weight is 349 g/mol. The number of carbonyl (C=O) groups excluding carboxylic acids is 2. The number of hydrogen-bond acceptors (Lipinski definition) is 6. The largest absolute Gasteiger partial charge is 0.462 e. The van der Waals surface area contributed by atoms with Gasteiger partial charge in [-0.2, -0.15) is 0 Å². The van der Waals surface area contributed by atoms with Crippen molar-refractivity contribution >= 4 is 17.7 Å². The molecule has 0 radical (unpaired) electrons. The second kappa shape index (κ2) is 8.18. The minimum atomic E-state index is -0.495. The van der Waals surface area contributed by atoms with E-state index in [0.717, 1.165) is 12.1 Å². The Bertz CT molecular complexity index is 605. The van der Waals surface area contributed by atoms with Gasteiger partial charge in [-0.1, -0.05) is 6.92 Å². The molecule has 7 heteroatoms. The summed E-state index contributed by atoms with van der Waals surface area (Å²) in [7, 11) is 0. The Morgan fingerprint density at radius 1 is 1.16 bits per heavy atom. The topological polar surface area (TPSA) is 72.0 Å². The van der Waals surface area contributed by atoms with E-state index in [1.54, 1.807) is 17.2 Å². The first-order valence-corrected chi connectivity index (χ1v) is 8.65. The summed E-state index contributed by atoms with van der Waals surface area (Å²) in [6, 6.07) is 1.79. The summed E-state index contributed by atoms with van der Waals surface area (Å²) >= 11 is 0. The number of amides is 1. The van der Waals surface area contributed by atoms with Gasteiger partial charge in [0.2, 0.25) is 0 Å². The van der Waals surface area contributed by atoms with Gasteiger partial charge >= 0.3 is 12.1 Å². The molecule has 1 fully saturated rings. The maximum atomic E-state index is 12.1. The summed E-state index contributed by atoms with van der Waals surface area (Å²) in [5.74, 6) is -0.358. The number of carbonyl (C=O) groups is 2. The van der Waals surface area contributed by atoms with Crippen molar-refractivity contribution in [2.75, 3.05) is 37.7 Å². The zero-order valence-corrected chi connectivity index (χ0v) is 15.4. The van der Waals surface area contributed by atoms with E-state index in [-0.39, 0.29) is 12.1 Å². The zero-order chi connectivity index (χ0) is 18.4. The molecule has 0 bridgehead atoms. The molecule has 0 aromatic carbocycles. The number of esters is 1. The standard InChI is InChI=1S/C18H27N3O4/c1-5-10-24-16(22)14-11-15(13-19-12-14)20-6-8-21(9-7-20)17(23)25-18(2,3)4/h11-13H,5-10H2,1-4H3. The highest BCUT2D eigenvalue weighted by Gasteiger charge is 2.26. The van der Waals surface area contributed by atoms with E-state index < -0.39 is 5.60 Å². The molecule has 25 heavy (non-hydrogen) atoms. The third-order valence-corrected chi connectivity index (χ3v) is 3.69. The second-order valence-electron chi connectivity index (χ2n) is 7.02. The van der Waals surface area contributed by atoms with E-state index in [1.807, 2.05) is 27.7 Å². The van der Waals surface area contributed by atoms with Crippen LogP contribution in [-0.2, 0) is 9.47 Å². The predicted octanol–water partition coefficient (Wildman–Crippen LogP) is 2.71. The van der Waals surface area contributed by atoms with Crippen LogP contribution in [0.2, 0.25) is 0 Å². The van der Waals surface area contributed by atoms with Gasteiger partial charge < -0.3 is 19.3 Å². The molecule has 1 aromatic heterocycles. The lowest BCUT2D eigenvalue weighted by Gasteiger charge is -2.36. The van der Waals surface area contributed by atoms with Gasteiger partial charge in [0.15, 0.2) is 0 Å². The average Bonchev–Trinajstić information content (AvgIpc) is 2.58.